The van der Waals surface area contributed by atoms with Gasteiger partial charge in [0.1, 0.15) is 6.04 Å². The van der Waals surface area contributed by atoms with Gasteiger partial charge in [-0.15, -0.1) is 0 Å². The summed E-state index contributed by atoms with van der Waals surface area (Å²) in [6.07, 6.45) is 3.12. The molecule has 2 aromatic rings. The molecule has 0 saturated carbocycles. The minimum Gasteiger partial charge on any atom is -0.480 e. The van der Waals surface area contributed by atoms with Gasteiger partial charge in [-0.2, -0.15) is 4.31 Å². The average molecular weight is 391 g/mol. The summed E-state index contributed by atoms with van der Waals surface area (Å²) in [4.78, 5) is 17.8. The lowest BCUT2D eigenvalue weighted by atomic mass is 10.0. The summed E-state index contributed by atoms with van der Waals surface area (Å²) in [6, 6.07) is 8.62. The molecule has 0 bridgehead atoms. The minimum absolute atomic E-state index is 0.0592. The number of sulfonamides is 1. The largest absolute Gasteiger partial charge is 0.480 e. The third kappa shape index (κ3) is 4.84. The molecule has 0 aliphatic rings. The SMILES string of the molecule is CC(C)[C@H](C(=O)O)N(Cc1cccnc1)S(=O)(=O)c1ccc(N(C)C)cc1. The molecule has 0 spiro atoms. The van der Waals surface area contributed by atoms with E-state index in [2.05, 4.69) is 4.98 Å². The van der Waals surface area contributed by atoms with Crippen molar-refractivity contribution >= 4 is 21.7 Å². The van der Waals surface area contributed by atoms with Crippen molar-refractivity contribution in [3.8, 4) is 0 Å². The van der Waals surface area contributed by atoms with Crippen molar-refractivity contribution in [1.82, 2.24) is 9.29 Å². The van der Waals surface area contributed by atoms with Crippen molar-refractivity contribution in [1.29, 1.82) is 0 Å². The number of nitrogens with zero attached hydrogens (tertiary/aromatic N) is 3. The molecular formula is C19H25N3O4S. The van der Waals surface area contributed by atoms with E-state index in [1.54, 1.807) is 44.3 Å². The molecule has 0 amide bonds. The zero-order valence-electron chi connectivity index (χ0n) is 15.9. The number of rotatable bonds is 8. The number of carboxylic acids is 1. The Bertz CT molecular complexity index is 866. The highest BCUT2D eigenvalue weighted by Gasteiger charge is 2.38. The number of carboxylic acid groups (broad SMARTS) is 1. The average Bonchev–Trinajstić information content (AvgIpc) is 2.61. The predicted molar refractivity (Wildman–Crippen MR) is 104 cm³/mol. The Morgan fingerprint density at radius 2 is 1.78 bits per heavy atom. The van der Waals surface area contributed by atoms with E-state index in [-0.39, 0.29) is 11.4 Å². The maximum Gasteiger partial charge on any atom is 0.322 e. The number of pyridine rings is 1. The number of anilines is 1. The van der Waals surface area contributed by atoms with E-state index in [1.807, 2.05) is 19.0 Å². The number of hydrogen-bond donors (Lipinski definition) is 1. The van der Waals surface area contributed by atoms with Crippen molar-refractivity contribution in [3.63, 3.8) is 0 Å². The van der Waals surface area contributed by atoms with Gasteiger partial charge in [-0.25, -0.2) is 8.42 Å². The second-order valence-corrected chi connectivity index (χ2v) is 8.72. The zero-order valence-corrected chi connectivity index (χ0v) is 16.7. The van der Waals surface area contributed by atoms with Gasteiger partial charge >= 0.3 is 5.97 Å². The fraction of sp³-hybridized carbons (Fsp3) is 0.368. The van der Waals surface area contributed by atoms with Crippen LogP contribution in [0.25, 0.3) is 0 Å². The second-order valence-electron chi connectivity index (χ2n) is 6.83. The van der Waals surface area contributed by atoms with Gasteiger partial charge in [0.05, 0.1) is 4.90 Å². The summed E-state index contributed by atoms with van der Waals surface area (Å²) >= 11 is 0. The van der Waals surface area contributed by atoms with E-state index >= 15 is 0 Å². The number of aliphatic carboxylic acids is 1. The van der Waals surface area contributed by atoms with Crippen LogP contribution >= 0.6 is 0 Å². The quantitative estimate of drug-likeness (QED) is 0.743. The van der Waals surface area contributed by atoms with Crippen LogP contribution in [0.1, 0.15) is 19.4 Å². The summed E-state index contributed by atoms with van der Waals surface area (Å²) in [5.41, 5.74) is 1.48. The topological polar surface area (TPSA) is 90.8 Å². The lowest BCUT2D eigenvalue weighted by molar-refractivity contribution is -0.143. The predicted octanol–water partition coefficient (Wildman–Crippen LogP) is 2.45. The van der Waals surface area contributed by atoms with Gasteiger partial charge in [-0.1, -0.05) is 19.9 Å². The second kappa shape index (κ2) is 8.49. The first-order valence-electron chi connectivity index (χ1n) is 8.55. The van der Waals surface area contributed by atoms with Crippen LogP contribution < -0.4 is 4.90 Å². The van der Waals surface area contributed by atoms with E-state index in [0.29, 0.717) is 5.56 Å². The summed E-state index contributed by atoms with van der Waals surface area (Å²) in [5.74, 6) is -1.59. The molecule has 146 valence electrons. The molecule has 8 heteroatoms. The van der Waals surface area contributed by atoms with Crippen LogP contribution in [0.4, 0.5) is 5.69 Å². The highest BCUT2D eigenvalue weighted by Crippen LogP contribution is 2.26. The van der Waals surface area contributed by atoms with Crippen molar-refractivity contribution in [2.75, 3.05) is 19.0 Å². The Balaban J connectivity index is 2.51. The molecule has 1 heterocycles. The third-order valence-electron chi connectivity index (χ3n) is 4.22. The molecule has 1 aromatic heterocycles. The lowest BCUT2D eigenvalue weighted by Crippen LogP contribution is -2.47. The molecule has 2 rings (SSSR count). The van der Waals surface area contributed by atoms with Crippen LogP contribution in [0.2, 0.25) is 0 Å². The number of benzene rings is 1. The van der Waals surface area contributed by atoms with Gasteiger partial charge in [0.25, 0.3) is 0 Å². The maximum absolute atomic E-state index is 13.3. The lowest BCUT2D eigenvalue weighted by Gasteiger charge is -2.30. The van der Waals surface area contributed by atoms with Crippen LogP contribution in [-0.4, -0.2) is 48.9 Å². The summed E-state index contributed by atoms with van der Waals surface area (Å²) in [6.45, 7) is 3.32. The van der Waals surface area contributed by atoms with Crippen LogP contribution in [0.3, 0.4) is 0 Å². The van der Waals surface area contributed by atoms with Gasteiger partial charge in [-0.05, 0) is 41.8 Å². The molecule has 0 unspecified atom stereocenters. The van der Waals surface area contributed by atoms with Crippen LogP contribution in [0.5, 0.6) is 0 Å². The molecule has 1 atom stereocenters. The fourth-order valence-electron chi connectivity index (χ4n) is 2.80. The first-order valence-corrected chi connectivity index (χ1v) is 9.99. The molecule has 0 saturated heterocycles. The smallest absolute Gasteiger partial charge is 0.322 e. The van der Waals surface area contributed by atoms with Crippen LogP contribution in [-0.2, 0) is 21.4 Å². The van der Waals surface area contributed by atoms with Crippen molar-refractivity contribution in [2.24, 2.45) is 5.92 Å². The number of hydrogen-bond acceptors (Lipinski definition) is 5. The van der Waals surface area contributed by atoms with Gasteiger partial charge in [0.15, 0.2) is 0 Å². The highest BCUT2D eigenvalue weighted by atomic mass is 32.2. The Morgan fingerprint density at radius 3 is 2.22 bits per heavy atom. The minimum atomic E-state index is -4.02. The molecule has 7 nitrogen and oxygen atoms in total. The van der Waals surface area contributed by atoms with E-state index in [1.165, 1.54) is 18.3 Å². The molecule has 27 heavy (non-hydrogen) atoms. The third-order valence-corrected chi connectivity index (χ3v) is 6.06. The van der Waals surface area contributed by atoms with E-state index in [4.69, 9.17) is 0 Å². The Labute approximate surface area is 160 Å². The normalized spacial score (nSPS) is 13.0. The Kier molecular flexibility index (Phi) is 6.56. The first kappa shape index (κ1) is 20.9. The standard InChI is InChI=1S/C19H25N3O4S/c1-14(2)18(19(23)24)22(13-15-6-5-11-20-12-15)27(25,26)17-9-7-16(8-10-17)21(3)4/h5-12,14,18H,13H2,1-4H3,(H,23,24)/t18-/m1/s1. The van der Waals surface area contributed by atoms with Gasteiger partial charge in [0, 0.05) is 38.7 Å². The Hall–Kier alpha value is -2.45. The molecule has 0 radical (unpaired) electrons. The fourth-order valence-corrected chi connectivity index (χ4v) is 4.50. The van der Waals surface area contributed by atoms with E-state index in [9.17, 15) is 18.3 Å². The van der Waals surface area contributed by atoms with Gasteiger partial charge in [-0.3, -0.25) is 9.78 Å². The van der Waals surface area contributed by atoms with Gasteiger partial charge in [0.2, 0.25) is 10.0 Å². The summed E-state index contributed by atoms with van der Waals surface area (Å²) in [7, 11) is -0.308. The van der Waals surface area contributed by atoms with Crippen molar-refractivity contribution in [3.05, 3.63) is 54.4 Å². The van der Waals surface area contributed by atoms with Crippen molar-refractivity contribution < 1.29 is 18.3 Å². The molecular weight excluding hydrogens is 366 g/mol. The van der Waals surface area contributed by atoms with Crippen LogP contribution in [0, 0.1) is 5.92 Å². The molecule has 1 aromatic carbocycles. The molecule has 1 N–H and O–H groups in total. The van der Waals surface area contributed by atoms with Crippen molar-refractivity contribution in [2.45, 2.75) is 31.3 Å². The first-order chi connectivity index (χ1) is 12.6. The number of carbonyl (C=O) groups is 1. The Morgan fingerprint density at radius 1 is 1.15 bits per heavy atom. The van der Waals surface area contributed by atoms with Gasteiger partial charge < -0.3 is 10.0 Å². The zero-order chi connectivity index (χ0) is 20.2. The van der Waals surface area contributed by atoms with E-state index in [0.717, 1.165) is 9.99 Å². The number of aromatic nitrogens is 1. The summed E-state index contributed by atoms with van der Waals surface area (Å²) in [5, 5.41) is 9.69. The summed E-state index contributed by atoms with van der Waals surface area (Å²) < 4.78 is 27.6. The molecule has 0 aliphatic carbocycles. The highest BCUT2D eigenvalue weighted by molar-refractivity contribution is 7.89. The monoisotopic (exact) mass is 391 g/mol. The molecule has 0 aliphatic heterocycles. The van der Waals surface area contributed by atoms with Crippen LogP contribution in [0.15, 0.2) is 53.7 Å². The molecule has 0 fully saturated rings. The maximum atomic E-state index is 13.3. The van der Waals surface area contributed by atoms with E-state index < -0.39 is 28.0 Å².